The quantitative estimate of drug-likeness (QED) is 0.842. The number of aryl methyl sites for hydroxylation is 2. The summed E-state index contributed by atoms with van der Waals surface area (Å²) in [6, 6.07) is 0.392. The zero-order valence-electron chi connectivity index (χ0n) is 10.7. The second kappa shape index (κ2) is 5.34. The third-order valence-electron chi connectivity index (χ3n) is 3.59. The lowest BCUT2D eigenvalue weighted by Crippen LogP contribution is -2.37. The summed E-state index contributed by atoms with van der Waals surface area (Å²) >= 11 is 0. The molecular formula is C13H21N3O. The van der Waals surface area contributed by atoms with Crippen LogP contribution in [0.2, 0.25) is 0 Å². The lowest BCUT2D eigenvalue weighted by Gasteiger charge is -2.22. The molecule has 0 unspecified atom stereocenters. The third kappa shape index (κ3) is 3.08. The van der Waals surface area contributed by atoms with Gasteiger partial charge in [0.2, 0.25) is 5.91 Å². The van der Waals surface area contributed by atoms with Gasteiger partial charge in [0.25, 0.3) is 0 Å². The molecule has 0 saturated heterocycles. The van der Waals surface area contributed by atoms with Gasteiger partial charge in [-0.05, 0) is 26.7 Å². The standard InChI is InChI=1S/C13H21N3O/c1-9-12(10(2)16-15-9)8-13(17)14-11-6-4-3-5-7-11/h11H,3-8H2,1-2H3,(H,14,17)(H,15,16). The van der Waals surface area contributed by atoms with Crippen LogP contribution >= 0.6 is 0 Å². The maximum atomic E-state index is 11.9. The maximum absolute atomic E-state index is 11.9. The van der Waals surface area contributed by atoms with Crippen LogP contribution in [0.15, 0.2) is 0 Å². The topological polar surface area (TPSA) is 57.8 Å². The van der Waals surface area contributed by atoms with Crippen LogP contribution in [-0.4, -0.2) is 22.1 Å². The lowest BCUT2D eigenvalue weighted by atomic mass is 9.95. The average Bonchev–Trinajstić information content (AvgIpc) is 2.62. The zero-order valence-corrected chi connectivity index (χ0v) is 10.7. The molecule has 0 aliphatic heterocycles. The van der Waals surface area contributed by atoms with Gasteiger partial charge in [-0.2, -0.15) is 5.10 Å². The highest BCUT2D eigenvalue weighted by atomic mass is 16.1. The van der Waals surface area contributed by atoms with E-state index < -0.39 is 0 Å². The van der Waals surface area contributed by atoms with E-state index in [-0.39, 0.29) is 5.91 Å². The molecule has 0 radical (unpaired) electrons. The maximum Gasteiger partial charge on any atom is 0.224 e. The Morgan fingerprint density at radius 3 is 2.65 bits per heavy atom. The number of carbonyl (C=O) groups excluding carboxylic acids is 1. The van der Waals surface area contributed by atoms with Crippen LogP contribution in [0.5, 0.6) is 0 Å². The van der Waals surface area contributed by atoms with Gasteiger partial charge in [0.1, 0.15) is 0 Å². The van der Waals surface area contributed by atoms with Crippen molar-refractivity contribution in [2.45, 2.75) is 58.4 Å². The first-order valence-corrected chi connectivity index (χ1v) is 6.46. The number of aromatic amines is 1. The fourth-order valence-corrected chi connectivity index (χ4v) is 2.52. The molecule has 1 aromatic heterocycles. The van der Waals surface area contributed by atoms with E-state index in [0.29, 0.717) is 12.5 Å². The summed E-state index contributed by atoms with van der Waals surface area (Å²) < 4.78 is 0. The highest BCUT2D eigenvalue weighted by molar-refractivity contribution is 5.79. The fourth-order valence-electron chi connectivity index (χ4n) is 2.52. The first-order valence-electron chi connectivity index (χ1n) is 6.46. The number of H-pyrrole nitrogens is 1. The van der Waals surface area contributed by atoms with Crippen molar-refractivity contribution < 1.29 is 4.79 Å². The predicted octanol–water partition coefficient (Wildman–Crippen LogP) is 2.02. The number of amides is 1. The molecule has 17 heavy (non-hydrogen) atoms. The molecule has 1 fully saturated rings. The predicted molar refractivity (Wildman–Crippen MR) is 66.8 cm³/mol. The summed E-state index contributed by atoms with van der Waals surface area (Å²) in [4.78, 5) is 11.9. The molecule has 0 spiro atoms. The van der Waals surface area contributed by atoms with Gasteiger partial charge in [-0.1, -0.05) is 19.3 Å². The van der Waals surface area contributed by atoms with Crippen molar-refractivity contribution in [1.82, 2.24) is 15.5 Å². The van der Waals surface area contributed by atoms with Crippen molar-refractivity contribution in [3.05, 3.63) is 17.0 Å². The summed E-state index contributed by atoms with van der Waals surface area (Å²) in [7, 11) is 0. The molecule has 0 atom stereocenters. The summed E-state index contributed by atoms with van der Waals surface area (Å²) in [5, 5.41) is 10.2. The highest BCUT2D eigenvalue weighted by Crippen LogP contribution is 2.18. The van der Waals surface area contributed by atoms with Crippen LogP contribution in [0.3, 0.4) is 0 Å². The first-order chi connectivity index (χ1) is 8.16. The van der Waals surface area contributed by atoms with Gasteiger partial charge >= 0.3 is 0 Å². The van der Waals surface area contributed by atoms with Gasteiger partial charge in [0.05, 0.1) is 12.1 Å². The van der Waals surface area contributed by atoms with E-state index in [1.165, 1.54) is 19.3 Å². The SMILES string of the molecule is Cc1n[nH]c(C)c1CC(=O)NC1CCCCC1. The molecule has 0 bridgehead atoms. The molecule has 4 nitrogen and oxygen atoms in total. The van der Waals surface area contributed by atoms with Crippen molar-refractivity contribution in [3.8, 4) is 0 Å². The number of nitrogens with one attached hydrogen (secondary N) is 2. The molecule has 1 saturated carbocycles. The molecule has 1 aliphatic carbocycles. The van der Waals surface area contributed by atoms with Gasteiger partial charge in [0, 0.05) is 17.3 Å². The number of nitrogens with zero attached hydrogens (tertiary/aromatic N) is 1. The minimum atomic E-state index is 0.129. The Labute approximate surface area is 102 Å². The minimum absolute atomic E-state index is 0.129. The van der Waals surface area contributed by atoms with Gasteiger partial charge in [-0.25, -0.2) is 0 Å². The third-order valence-corrected chi connectivity index (χ3v) is 3.59. The number of aromatic nitrogens is 2. The smallest absolute Gasteiger partial charge is 0.224 e. The molecule has 1 aromatic rings. The normalized spacial score (nSPS) is 17.1. The zero-order chi connectivity index (χ0) is 12.3. The molecule has 1 amide bonds. The van der Waals surface area contributed by atoms with Crippen LogP contribution in [0.4, 0.5) is 0 Å². The van der Waals surface area contributed by atoms with E-state index in [1.807, 2.05) is 13.8 Å². The van der Waals surface area contributed by atoms with Crippen LogP contribution in [0.1, 0.15) is 49.1 Å². The molecule has 2 N–H and O–H groups in total. The van der Waals surface area contributed by atoms with E-state index in [0.717, 1.165) is 29.8 Å². The van der Waals surface area contributed by atoms with Crippen LogP contribution < -0.4 is 5.32 Å². The van der Waals surface area contributed by atoms with E-state index >= 15 is 0 Å². The van der Waals surface area contributed by atoms with Crippen molar-refractivity contribution in [2.75, 3.05) is 0 Å². The first kappa shape index (κ1) is 12.1. The van der Waals surface area contributed by atoms with Crippen LogP contribution in [0, 0.1) is 13.8 Å². The monoisotopic (exact) mass is 235 g/mol. The largest absolute Gasteiger partial charge is 0.353 e. The average molecular weight is 235 g/mol. The molecule has 4 heteroatoms. The molecule has 1 heterocycles. The summed E-state index contributed by atoms with van der Waals surface area (Å²) in [6.45, 7) is 3.90. The summed E-state index contributed by atoms with van der Waals surface area (Å²) in [5.74, 6) is 0.129. The van der Waals surface area contributed by atoms with Gasteiger partial charge in [-0.3, -0.25) is 9.89 Å². The van der Waals surface area contributed by atoms with Crippen molar-refractivity contribution in [1.29, 1.82) is 0 Å². The minimum Gasteiger partial charge on any atom is -0.353 e. The van der Waals surface area contributed by atoms with Gasteiger partial charge in [-0.15, -0.1) is 0 Å². The van der Waals surface area contributed by atoms with Crippen molar-refractivity contribution >= 4 is 5.91 Å². The molecular weight excluding hydrogens is 214 g/mol. The Morgan fingerprint density at radius 1 is 1.35 bits per heavy atom. The van der Waals surface area contributed by atoms with Crippen molar-refractivity contribution in [2.24, 2.45) is 0 Å². The van der Waals surface area contributed by atoms with E-state index in [4.69, 9.17) is 0 Å². The van der Waals surface area contributed by atoms with Crippen molar-refractivity contribution in [3.63, 3.8) is 0 Å². The van der Waals surface area contributed by atoms with Crippen LogP contribution in [0.25, 0.3) is 0 Å². The van der Waals surface area contributed by atoms with Gasteiger partial charge < -0.3 is 5.32 Å². The number of rotatable bonds is 3. The second-order valence-electron chi connectivity index (χ2n) is 4.99. The number of hydrogen-bond acceptors (Lipinski definition) is 2. The van der Waals surface area contributed by atoms with Crippen LogP contribution in [-0.2, 0) is 11.2 Å². The Kier molecular flexibility index (Phi) is 3.82. The Hall–Kier alpha value is -1.32. The Morgan fingerprint density at radius 2 is 2.06 bits per heavy atom. The molecule has 94 valence electrons. The Balaban J connectivity index is 1.88. The second-order valence-corrected chi connectivity index (χ2v) is 4.99. The fraction of sp³-hybridized carbons (Fsp3) is 0.692. The van der Waals surface area contributed by atoms with Gasteiger partial charge in [0.15, 0.2) is 0 Å². The summed E-state index contributed by atoms with van der Waals surface area (Å²) in [5.41, 5.74) is 2.97. The Bertz CT molecular complexity index is 372. The summed E-state index contributed by atoms with van der Waals surface area (Å²) in [6.07, 6.45) is 6.52. The number of carbonyl (C=O) groups is 1. The lowest BCUT2D eigenvalue weighted by molar-refractivity contribution is -0.121. The molecule has 0 aromatic carbocycles. The van der Waals surface area contributed by atoms with E-state index in [9.17, 15) is 4.79 Å². The molecule has 1 aliphatic rings. The van der Waals surface area contributed by atoms with E-state index in [1.54, 1.807) is 0 Å². The molecule has 2 rings (SSSR count). The highest BCUT2D eigenvalue weighted by Gasteiger charge is 2.17. The van der Waals surface area contributed by atoms with E-state index in [2.05, 4.69) is 15.5 Å². The number of hydrogen-bond donors (Lipinski definition) is 2.